The third-order valence-electron chi connectivity index (χ3n) is 4.19. The van der Waals surface area contributed by atoms with Gasteiger partial charge in [-0.15, -0.1) is 0 Å². The van der Waals surface area contributed by atoms with Crippen LogP contribution in [0.1, 0.15) is 10.4 Å². The Morgan fingerprint density at radius 2 is 1.59 bits per heavy atom. The maximum absolute atomic E-state index is 12.2. The Morgan fingerprint density at radius 1 is 0.966 bits per heavy atom. The molecular weight excluding hydrogens is 400 g/mol. The van der Waals surface area contributed by atoms with E-state index in [4.69, 9.17) is 0 Å². The first kappa shape index (κ1) is 20.9. The van der Waals surface area contributed by atoms with E-state index in [2.05, 4.69) is 28.4 Å². The molecule has 0 aliphatic rings. The Labute approximate surface area is 173 Å². The standard InChI is InChI=1S/C22H21N3O2P2/c1-3-28-21-23-13-19(25-21)17-9-5-15(6-10-17)16-7-11-18(12-8-16)20(26)14-24-22(27)29-4-2/h3-13,28-29H,1-2,14H2,(H,23,25)(H,24,27). The summed E-state index contributed by atoms with van der Waals surface area (Å²) >= 11 is 0. The lowest BCUT2D eigenvalue weighted by Gasteiger charge is -2.06. The van der Waals surface area contributed by atoms with E-state index in [0.717, 1.165) is 27.9 Å². The summed E-state index contributed by atoms with van der Waals surface area (Å²) in [4.78, 5) is 31.3. The van der Waals surface area contributed by atoms with Crippen LogP contribution in [0.2, 0.25) is 0 Å². The number of imidazole rings is 1. The minimum absolute atomic E-state index is 0.00763. The van der Waals surface area contributed by atoms with Crippen LogP contribution in [0.4, 0.5) is 4.79 Å². The number of amides is 1. The molecule has 0 saturated heterocycles. The number of benzene rings is 2. The number of carbonyl (C=O) groups is 2. The van der Waals surface area contributed by atoms with Gasteiger partial charge in [0, 0.05) is 5.56 Å². The molecule has 29 heavy (non-hydrogen) atoms. The van der Waals surface area contributed by atoms with Gasteiger partial charge in [-0.3, -0.25) is 9.59 Å². The molecule has 1 aromatic heterocycles. The Morgan fingerprint density at radius 3 is 2.21 bits per heavy atom. The zero-order chi connectivity index (χ0) is 20.6. The highest BCUT2D eigenvalue weighted by molar-refractivity contribution is 7.60. The molecule has 1 amide bonds. The second-order valence-corrected chi connectivity index (χ2v) is 8.42. The van der Waals surface area contributed by atoms with Crippen LogP contribution < -0.4 is 10.9 Å². The van der Waals surface area contributed by atoms with E-state index >= 15 is 0 Å². The van der Waals surface area contributed by atoms with Crippen molar-refractivity contribution in [2.45, 2.75) is 0 Å². The van der Waals surface area contributed by atoms with Crippen LogP contribution >= 0.6 is 17.2 Å². The van der Waals surface area contributed by atoms with E-state index in [-0.39, 0.29) is 26.6 Å². The lowest BCUT2D eigenvalue weighted by atomic mass is 10.0. The molecule has 0 bridgehead atoms. The van der Waals surface area contributed by atoms with Crippen LogP contribution in [0.5, 0.6) is 0 Å². The van der Waals surface area contributed by atoms with Gasteiger partial charge in [0.15, 0.2) is 5.78 Å². The van der Waals surface area contributed by atoms with Crippen LogP contribution in [0.3, 0.4) is 0 Å². The Hall–Kier alpha value is -2.87. The summed E-state index contributed by atoms with van der Waals surface area (Å²) in [5.74, 6) is 3.26. The largest absolute Gasteiger partial charge is 0.345 e. The van der Waals surface area contributed by atoms with E-state index in [9.17, 15) is 9.59 Å². The summed E-state index contributed by atoms with van der Waals surface area (Å²) in [6.07, 6.45) is 1.83. The molecule has 146 valence electrons. The van der Waals surface area contributed by atoms with E-state index in [0.29, 0.717) is 14.1 Å². The smallest absolute Gasteiger partial charge is 0.242 e. The fourth-order valence-electron chi connectivity index (χ4n) is 2.74. The molecule has 0 saturated carbocycles. The number of nitrogens with zero attached hydrogens (tertiary/aromatic N) is 1. The van der Waals surface area contributed by atoms with Gasteiger partial charge in [0.25, 0.3) is 0 Å². The van der Waals surface area contributed by atoms with Crippen molar-refractivity contribution in [2.75, 3.05) is 6.54 Å². The summed E-state index contributed by atoms with van der Waals surface area (Å²) in [6, 6.07) is 15.6. The first-order chi connectivity index (χ1) is 14.1. The lowest BCUT2D eigenvalue weighted by Crippen LogP contribution is -2.25. The quantitative estimate of drug-likeness (QED) is 0.381. The third kappa shape index (κ3) is 5.57. The highest BCUT2D eigenvalue weighted by atomic mass is 31.1. The van der Waals surface area contributed by atoms with Crippen molar-refractivity contribution in [3.8, 4) is 22.4 Å². The number of aromatic amines is 1. The Balaban J connectivity index is 1.66. The minimum atomic E-state index is -0.181. The maximum atomic E-state index is 12.2. The van der Waals surface area contributed by atoms with Crippen molar-refractivity contribution in [1.82, 2.24) is 15.3 Å². The number of nitrogens with one attached hydrogen (secondary N) is 2. The van der Waals surface area contributed by atoms with Crippen molar-refractivity contribution >= 4 is 34.2 Å². The zero-order valence-electron chi connectivity index (χ0n) is 15.7. The van der Waals surface area contributed by atoms with E-state index in [1.807, 2.05) is 48.4 Å². The average Bonchev–Trinajstić information content (AvgIpc) is 3.21. The molecule has 2 N–H and O–H groups in total. The molecule has 0 spiro atoms. The first-order valence-corrected chi connectivity index (χ1v) is 11.1. The van der Waals surface area contributed by atoms with Crippen molar-refractivity contribution in [3.63, 3.8) is 0 Å². The fraction of sp³-hybridized carbons (Fsp3) is 0.0455. The van der Waals surface area contributed by atoms with Crippen LogP contribution in [0.15, 0.2) is 79.5 Å². The summed E-state index contributed by atoms with van der Waals surface area (Å²) in [7, 11) is 0.431. The molecule has 0 radical (unpaired) electrons. The number of hydrogen-bond donors (Lipinski definition) is 2. The van der Waals surface area contributed by atoms with Crippen LogP contribution in [0.25, 0.3) is 22.4 Å². The number of carbonyl (C=O) groups excluding carboxylic acids is 2. The minimum Gasteiger partial charge on any atom is -0.345 e. The SMILES string of the molecule is C=CPC(=O)NCC(=O)c1ccc(-c2ccc(-c3cnc(PC=C)[nH]3)cc2)cc1. The van der Waals surface area contributed by atoms with E-state index in [1.54, 1.807) is 12.1 Å². The van der Waals surface area contributed by atoms with Gasteiger partial charge >= 0.3 is 0 Å². The molecule has 0 aliphatic carbocycles. The molecule has 2 atom stereocenters. The van der Waals surface area contributed by atoms with Gasteiger partial charge in [0.1, 0.15) is 5.57 Å². The van der Waals surface area contributed by atoms with E-state index < -0.39 is 0 Å². The molecule has 0 fully saturated rings. The molecule has 1 heterocycles. The monoisotopic (exact) mass is 421 g/mol. The molecule has 0 aliphatic heterocycles. The summed E-state index contributed by atoms with van der Waals surface area (Å²) in [6.45, 7) is 7.24. The van der Waals surface area contributed by atoms with Crippen molar-refractivity contribution < 1.29 is 9.59 Å². The van der Waals surface area contributed by atoms with Gasteiger partial charge in [-0.25, -0.2) is 4.98 Å². The zero-order valence-corrected chi connectivity index (χ0v) is 17.7. The summed E-state index contributed by atoms with van der Waals surface area (Å²) in [5, 5.41) is 2.60. The lowest BCUT2D eigenvalue weighted by molar-refractivity contribution is 0.0994. The normalized spacial score (nSPS) is 11.2. The number of rotatable bonds is 9. The van der Waals surface area contributed by atoms with E-state index in [1.165, 1.54) is 5.82 Å². The number of aromatic nitrogens is 2. The predicted molar refractivity (Wildman–Crippen MR) is 124 cm³/mol. The Bertz CT molecular complexity index is 1020. The van der Waals surface area contributed by atoms with Gasteiger partial charge in [0.2, 0.25) is 5.65 Å². The molecule has 5 nitrogen and oxygen atoms in total. The third-order valence-corrected chi connectivity index (χ3v) is 5.57. The average molecular weight is 421 g/mol. The number of hydrogen-bond acceptors (Lipinski definition) is 3. The molecule has 2 unspecified atom stereocenters. The number of Topliss-reactive ketones (excluding diaryl/α,β-unsaturated/α-hetero) is 1. The fourth-order valence-corrected chi connectivity index (χ4v) is 3.65. The van der Waals surface area contributed by atoms with Crippen LogP contribution in [-0.4, -0.2) is 27.9 Å². The molecule has 3 rings (SSSR count). The van der Waals surface area contributed by atoms with Crippen molar-refractivity contribution in [2.24, 2.45) is 0 Å². The topological polar surface area (TPSA) is 74.8 Å². The summed E-state index contributed by atoms with van der Waals surface area (Å²) in [5.41, 5.74) is 5.41. The first-order valence-electron chi connectivity index (χ1n) is 8.92. The predicted octanol–water partition coefficient (Wildman–Crippen LogP) is 4.91. The molecule has 7 heteroatoms. The van der Waals surface area contributed by atoms with Crippen LogP contribution in [-0.2, 0) is 0 Å². The van der Waals surface area contributed by atoms with Gasteiger partial charge in [-0.1, -0.05) is 73.3 Å². The van der Waals surface area contributed by atoms with Crippen molar-refractivity contribution in [3.05, 3.63) is 85.1 Å². The molecular formula is C22H21N3O2P2. The summed E-state index contributed by atoms with van der Waals surface area (Å²) < 4.78 is 0. The number of ketones is 1. The second-order valence-electron chi connectivity index (χ2n) is 6.10. The number of H-pyrrole nitrogens is 1. The molecule has 3 aromatic rings. The maximum Gasteiger partial charge on any atom is 0.242 e. The van der Waals surface area contributed by atoms with Gasteiger partial charge in [0.05, 0.1) is 18.4 Å². The van der Waals surface area contributed by atoms with Crippen molar-refractivity contribution in [1.29, 1.82) is 0 Å². The van der Waals surface area contributed by atoms with Crippen LogP contribution in [0, 0.1) is 0 Å². The van der Waals surface area contributed by atoms with Gasteiger partial charge < -0.3 is 10.3 Å². The highest BCUT2D eigenvalue weighted by Gasteiger charge is 2.08. The molecule has 2 aromatic carbocycles. The van der Waals surface area contributed by atoms with Gasteiger partial charge in [-0.2, -0.15) is 0 Å². The second kappa shape index (κ2) is 10.1. The van der Waals surface area contributed by atoms with Gasteiger partial charge in [-0.05, 0) is 33.9 Å². The Kier molecular flexibility index (Phi) is 7.24. The highest BCUT2D eigenvalue weighted by Crippen LogP contribution is 2.24.